The van der Waals surface area contributed by atoms with Gasteiger partial charge in [-0.05, 0) is 19.2 Å². The van der Waals surface area contributed by atoms with Crippen molar-refractivity contribution in [2.24, 2.45) is 0 Å². The molecule has 0 radical (unpaired) electrons. The predicted octanol–water partition coefficient (Wildman–Crippen LogP) is 2.64. The number of benzene rings is 1. The van der Waals surface area contributed by atoms with E-state index in [2.05, 4.69) is 5.32 Å². The van der Waals surface area contributed by atoms with E-state index >= 15 is 0 Å². The lowest BCUT2D eigenvalue weighted by Crippen LogP contribution is -2.45. The molecule has 0 aliphatic carbocycles. The predicted molar refractivity (Wildman–Crippen MR) is 55.8 cm³/mol. The van der Waals surface area contributed by atoms with Crippen molar-refractivity contribution in [1.29, 1.82) is 0 Å². The van der Waals surface area contributed by atoms with Crippen LogP contribution >= 0.6 is 0 Å². The largest absolute Gasteiger partial charge is 0.497 e. The highest BCUT2D eigenvalue weighted by Gasteiger charge is 2.56. The summed E-state index contributed by atoms with van der Waals surface area (Å²) in [5.74, 6) is 0.185. The zero-order valence-electron chi connectivity index (χ0n) is 9.44. The third-order valence-electron chi connectivity index (χ3n) is 2.40. The van der Waals surface area contributed by atoms with Crippen LogP contribution in [0.25, 0.3) is 0 Å². The molecular weight excluding hydrogens is 238 g/mol. The second-order valence-corrected chi connectivity index (χ2v) is 3.56. The molecule has 2 nitrogen and oxygen atoms in total. The minimum absolute atomic E-state index is 0.185. The Morgan fingerprint density at radius 1 is 1.24 bits per heavy atom. The Balaban J connectivity index is 3.22. The van der Waals surface area contributed by atoms with Gasteiger partial charge in [0, 0.05) is 12.1 Å². The molecule has 1 aromatic rings. The van der Waals surface area contributed by atoms with Gasteiger partial charge in [-0.2, -0.15) is 13.2 Å². The van der Waals surface area contributed by atoms with Gasteiger partial charge in [0.1, 0.15) is 5.75 Å². The maximum Gasteiger partial charge on any atom is 0.428 e. The minimum Gasteiger partial charge on any atom is -0.497 e. The fourth-order valence-electron chi connectivity index (χ4n) is 1.48. The number of likely N-dealkylation sites (N-methyl/N-ethyl adjacent to an activating group) is 1. The molecule has 0 saturated carbocycles. The lowest BCUT2D eigenvalue weighted by atomic mass is 9.94. The van der Waals surface area contributed by atoms with Crippen LogP contribution in [0.2, 0.25) is 0 Å². The van der Waals surface area contributed by atoms with Gasteiger partial charge in [0.2, 0.25) is 5.67 Å². The maximum absolute atomic E-state index is 14.1. The van der Waals surface area contributed by atoms with E-state index in [9.17, 15) is 17.6 Å². The summed E-state index contributed by atoms with van der Waals surface area (Å²) in [6, 6.07) is 4.92. The van der Waals surface area contributed by atoms with Gasteiger partial charge in [-0.1, -0.05) is 12.1 Å². The van der Waals surface area contributed by atoms with E-state index in [4.69, 9.17) is 4.74 Å². The van der Waals surface area contributed by atoms with E-state index in [1.165, 1.54) is 26.3 Å². The summed E-state index contributed by atoms with van der Waals surface area (Å²) in [6.07, 6.45) is -4.98. The summed E-state index contributed by atoms with van der Waals surface area (Å²) in [5, 5.41) is 2.21. The smallest absolute Gasteiger partial charge is 0.428 e. The number of alkyl halides is 4. The first-order valence-corrected chi connectivity index (χ1v) is 4.90. The Morgan fingerprint density at radius 2 is 1.88 bits per heavy atom. The van der Waals surface area contributed by atoms with Gasteiger partial charge in [0.25, 0.3) is 0 Å². The molecule has 96 valence electrons. The van der Waals surface area contributed by atoms with Crippen molar-refractivity contribution < 1.29 is 22.3 Å². The van der Waals surface area contributed by atoms with Gasteiger partial charge in [0.15, 0.2) is 0 Å². The Bertz CT molecular complexity index is 380. The van der Waals surface area contributed by atoms with Crippen molar-refractivity contribution in [3.8, 4) is 5.75 Å². The van der Waals surface area contributed by atoms with Crippen molar-refractivity contribution >= 4 is 0 Å². The lowest BCUT2D eigenvalue weighted by molar-refractivity contribution is -0.233. The standard InChI is InChI=1S/C11H13F4NO/c1-16-7-10(12,11(13,14)15)8-4-3-5-9(6-8)17-2/h3-6,16H,7H2,1-2H3. The molecule has 1 aromatic carbocycles. The SMILES string of the molecule is CNCC(F)(c1cccc(OC)c1)C(F)(F)F. The van der Waals surface area contributed by atoms with Crippen LogP contribution in [0.5, 0.6) is 5.75 Å². The number of halogens is 4. The van der Waals surface area contributed by atoms with Crippen molar-refractivity contribution in [2.45, 2.75) is 11.8 Å². The van der Waals surface area contributed by atoms with E-state index in [1.54, 1.807) is 0 Å². The van der Waals surface area contributed by atoms with Crippen LogP contribution in [-0.4, -0.2) is 26.9 Å². The normalized spacial score (nSPS) is 15.4. The van der Waals surface area contributed by atoms with Gasteiger partial charge in [-0.15, -0.1) is 0 Å². The number of nitrogens with one attached hydrogen (secondary N) is 1. The molecule has 6 heteroatoms. The molecule has 0 bridgehead atoms. The molecule has 0 spiro atoms. The van der Waals surface area contributed by atoms with Gasteiger partial charge in [-0.3, -0.25) is 0 Å². The minimum atomic E-state index is -4.98. The quantitative estimate of drug-likeness (QED) is 0.831. The Hall–Kier alpha value is -1.30. The van der Waals surface area contributed by atoms with Gasteiger partial charge in [-0.25, -0.2) is 4.39 Å². The summed E-state index contributed by atoms with van der Waals surface area (Å²) in [4.78, 5) is 0. The summed E-state index contributed by atoms with van der Waals surface area (Å²) < 4.78 is 57.2. The topological polar surface area (TPSA) is 21.3 Å². The number of methoxy groups -OCH3 is 1. The molecule has 1 N–H and O–H groups in total. The first kappa shape index (κ1) is 13.8. The number of hydrogen-bond acceptors (Lipinski definition) is 2. The van der Waals surface area contributed by atoms with Crippen molar-refractivity contribution in [3.05, 3.63) is 29.8 Å². The molecule has 0 aromatic heterocycles. The fraction of sp³-hybridized carbons (Fsp3) is 0.455. The van der Waals surface area contributed by atoms with Crippen molar-refractivity contribution in [2.75, 3.05) is 20.7 Å². The molecule has 0 heterocycles. The van der Waals surface area contributed by atoms with Crippen LogP contribution in [0.1, 0.15) is 5.56 Å². The molecule has 0 fully saturated rings. The zero-order valence-corrected chi connectivity index (χ0v) is 9.44. The number of hydrogen-bond donors (Lipinski definition) is 1. The number of rotatable bonds is 4. The van der Waals surface area contributed by atoms with E-state index < -0.39 is 24.0 Å². The van der Waals surface area contributed by atoms with Crippen molar-refractivity contribution in [3.63, 3.8) is 0 Å². The van der Waals surface area contributed by atoms with Crippen LogP contribution in [0.4, 0.5) is 17.6 Å². The average Bonchev–Trinajstić information content (AvgIpc) is 2.28. The van der Waals surface area contributed by atoms with E-state index in [-0.39, 0.29) is 5.75 Å². The van der Waals surface area contributed by atoms with Gasteiger partial charge in [0.05, 0.1) is 7.11 Å². The highest BCUT2D eigenvalue weighted by atomic mass is 19.4. The zero-order chi connectivity index (χ0) is 13.1. The summed E-state index contributed by atoms with van der Waals surface area (Å²) in [5.41, 5.74) is -3.89. The first-order valence-electron chi connectivity index (χ1n) is 4.90. The maximum atomic E-state index is 14.1. The monoisotopic (exact) mass is 251 g/mol. The Labute approximate surface area is 96.6 Å². The average molecular weight is 251 g/mol. The molecule has 0 amide bonds. The number of ether oxygens (including phenoxy) is 1. The van der Waals surface area contributed by atoms with Gasteiger partial charge >= 0.3 is 6.18 Å². The highest BCUT2D eigenvalue weighted by Crippen LogP contribution is 2.42. The molecule has 0 aliphatic heterocycles. The van der Waals surface area contributed by atoms with E-state index in [1.807, 2.05) is 0 Å². The molecule has 17 heavy (non-hydrogen) atoms. The molecule has 1 atom stereocenters. The third kappa shape index (κ3) is 2.69. The summed E-state index contributed by atoms with van der Waals surface area (Å²) in [6.45, 7) is -0.844. The van der Waals surface area contributed by atoms with Crippen LogP contribution in [0.15, 0.2) is 24.3 Å². The Morgan fingerprint density at radius 3 is 2.35 bits per heavy atom. The molecule has 0 aliphatic rings. The van der Waals surface area contributed by atoms with Gasteiger partial charge < -0.3 is 10.1 Å². The second-order valence-electron chi connectivity index (χ2n) is 3.56. The summed E-state index contributed by atoms with van der Waals surface area (Å²) >= 11 is 0. The lowest BCUT2D eigenvalue weighted by Gasteiger charge is -2.28. The Kier molecular flexibility index (Phi) is 3.98. The molecular formula is C11H13F4NO. The molecule has 0 saturated heterocycles. The van der Waals surface area contributed by atoms with Crippen molar-refractivity contribution in [1.82, 2.24) is 5.32 Å². The molecule has 1 rings (SSSR count). The van der Waals surface area contributed by atoms with Crippen LogP contribution in [-0.2, 0) is 5.67 Å². The second kappa shape index (κ2) is 4.91. The van der Waals surface area contributed by atoms with Crippen LogP contribution < -0.4 is 10.1 Å². The van der Waals surface area contributed by atoms with E-state index in [0.717, 1.165) is 12.1 Å². The van der Waals surface area contributed by atoms with Crippen LogP contribution in [0.3, 0.4) is 0 Å². The highest BCUT2D eigenvalue weighted by molar-refractivity contribution is 5.33. The summed E-state index contributed by atoms with van der Waals surface area (Å²) in [7, 11) is 2.57. The first-order chi connectivity index (χ1) is 7.85. The fourth-order valence-corrected chi connectivity index (χ4v) is 1.48. The van der Waals surface area contributed by atoms with E-state index in [0.29, 0.717) is 0 Å². The van der Waals surface area contributed by atoms with Crippen LogP contribution in [0, 0.1) is 0 Å². The molecule has 1 unspecified atom stereocenters. The third-order valence-corrected chi connectivity index (χ3v) is 2.40.